The average molecular weight is 245 g/mol. The normalized spacial score (nSPS) is 14.1. The maximum atomic E-state index is 10.6. The molecule has 0 saturated carbocycles. The molecule has 0 aliphatic heterocycles. The fourth-order valence-electron chi connectivity index (χ4n) is 1.91. The lowest BCUT2D eigenvalue weighted by atomic mass is 10.0. The monoisotopic (exact) mass is 245 g/mol. The van der Waals surface area contributed by atoms with Crippen LogP contribution in [0, 0.1) is 0 Å². The molecule has 0 unspecified atom stereocenters. The van der Waals surface area contributed by atoms with E-state index in [-0.39, 0.29) is 0 Å². The SMILES string of the molecule is C[C@H](OC(N)=O)[C@@H](O)c1ccc2ccccc2c1. The van der Waals surface area contributed by atoms with E-state index in [1.54, 1.807) is 6.92 Å². The Labute approximate surface area is 105 Å². The van der Waals surface area contributed by atoms with Crippen LogP contribution in [0.25, 0.3) is 10.8 Å². The van der Waals surface area contributed by atoms with Gasteiger partial charge in [0.25, 0.3) is 0 Å². The summed E-state index contributed by atoms with van der Waals surface area (Å²) in [5, 5.41) is 12.2. The van der Waals surface area contributed by atoms with E-state index in [2.05, 4.69) is 0 Å². The molecule has 18 heavy (non-hydrogen) atoms. The number of rotatable bonds is 3. The molecule has 0 aliphatic rings. The highest BCUT2D eigenvalue weighted by Crippen LogP contribution is 2.23. The Hall–Kier alpha value is -2.07. The Bertz CT molecular complexity index is 568. The Balaban J connectivity index is 2.27. The molecule has 2 aromatic rings. The largest absolute Gasteiger partial charge is 0.444 e. The summed E-state index contributed by atoms with van der Waals surface area (Å²) in [4.78, 5) is 10.6. The number of aliphatic hydroxyl groups is 1. The van der Waals surface area contributed by atoms with Crippen LogP contribution in [0.4, 0.5) is 4.79 Å². The molecule has 3 N–H and O–H groups in total. The molecular weight excluding hydrogens is 230 g/mol. The summed E-state index contributed by atoms with van der Waals surface area (Å²) in [6, 6.07) is 13.5. The lowest BCUT2D eigenvalue weighted by molar-refractivity contribution is 0.0158. The summed E-state index contributed by atoms with van der Waals surface area (Å²) < 4.78 is 4.77. The van der Waals surface area contributed by atoms with Gasteiger partial charge in [-0.1, -0.05) is 36.4 Å². The number of carbonyl (C=O) groups excluding carboxylic acids is 1. The van der Waals surface area contributed by atoms with E-state index in [9.17, 15) is 9.90 Å². The zero-order chi connectivity index (χ0) is 13.1. The van der Waals surface area contributed by atoms with E-state index in [0.29, 0.717) is 5.56 Å². The fourth-order valence-corrected chi connectivity index (χ4v) is 1.91. The molecule has 94 valence electrons. The van der Waals surface area contributed by atoms with Gasteiger partial charge in [0.1, 0.15) is 12.2 Å². The Morgan fingerprint density at radius 3 is 2.56 bits per heavy atom. The third-order valence-electron chi connectivity index (χ3n) is 2.86. The van der Waals surface area contributed by atoms with Crippen LogP contribution in [-0.2, 0) is 4.74 Å². The van der Waals surface area contributed by atoms with Gasteiger partial charge >= 0.3 is 6.09 Å². The molecular formula is C14H15NO3. The zero-order valence-electron chi connectivity index (χ0n) is 10.0. The van der Waals surface area contributed by atoms with Crippen molar-refractivity contribution in [2.75, 3.05) is 0 Å². The smallest absolute Gasteiger partial charge is 0.404 e. The first-order valence-corrected chi connectivity index (χ1v) is 5.71. The van der Waals surface area contributed by atoms with E-state index >= 15 is 0 Å². The van der Waals surface area contributed by atoms with Crippen molar-refractivity contribution < 1.29 is 14.6 Å². The third kappa shape index (κ3) is 2.60. The summed E-state index contributed by atoms with van der Waals surface area (Å²) in [6.45, 7) is 1.60. The molecule has 0 saturated heterocycles. The molecule has 2 atom stereocenters. The van der Waals surface area contributed by atoms with Crippen LogP contribution in [0.15, 0.2) is 42.5 Å². The Kier molecular flexibility index (Phi) is 3.48. The maximum Gasteiger partial charge on any atom is 0.404 e. The van der Waals surface area contributed by atoms with Crippen molar-refractivity contribution in [1.29, 1.82) is 0 Å². The minimum atomic E-state index is -0.887. The van der Waals surface area contributed by atoms with Crippen molar-refractivity contribution in [3.63, 3.8) is 0 Å². The minimum absolute atomic E-state index is 0.677. The minimum Gasteiger partial charge on any atom is -0.444 e. The van der Waals surface area contributed by atoms with Gasteiger partial charge in [-0.25, -0.2) is 4.79 Å². The highest BCUT2D eigenvalue weighted by molar-refractivity contribution is 5.83. The highest BCUT2D eigenvalue weighted by Gasteiger charge is 2.19. The molecule has 0 fully saturated rings. The predicted octanol–water partition coefficient (Wildman–Crippen LogP) is 2.36. The van der Waals surface area contributed by atoms with Gasteiger partial charge in [-0.05, 0) is 29.3 Å². The first kappa shape index (κ1) is 12.4. The van der Waals surface area contributed by atoms with Gasteiger partial charge in [-0.2, -0.15) is 0 Å². The fraction of sp³-hybridized carbons (Fsp3) is 0.214. The number of benzene rings is 2. The lowest BCUT2D eigenvalue weighted by Gasteiger charge is -2.19. The molecule has 0 aromatic heterocycles. The molecule has 4 nitrogen and oxygen atoms in total. The first-order chi connectivity index (χ1) is 8.58. The Morgan fingerprint density at radius 2 is 1.89 bits per heavy atom. The van der Waals surface area contributed by atoms with Gasteiger partial charge in [0.05, 0.1) is 0 Å². The van der Waals surface area contributed by atoms with Crippen molar-refractivity contribution in [2.45, 2.75) is 19.1 Å². The van der Waals surface area contributed by atoms with Crippen molar-refractivity contribution in [3.8, 4) is 0 Å². The third-order valence-corrected chi connectivity index (χ3v) is 2.86. The second-order valence-corrected chi connectivity index (χ2v) is 4.19. The van der Waals surface area contributed by atoms with E-state index < -0.39 is 18.3 Å². The van der Waals surface area contributed by atoms with Gasteiger partial charge in [-0.15, -0.1) is 0 Å². The van der Waals surface area contributed by atoms with Crippen molar-refractivity contribution in [2.24, 2.45) is 5.73 Å². The van der Waals surface area contributed by atoms with Crippen LogP contribution in [0.5, 0.6) is 0 Å². The summed E-state index contributed by atoms with van der Waals surface area (Å²) in [5.41, 5.74) is 5.62. The summed E-state index contributed by atoms with van der Waals surface area (Å²) >= 11 is 0. The molecule has 2 rings (SSSR count). The molecule has 0 aliphatic carbocycles. The van der Waals surface area contributed by atoms with Gasteiger partial charge < -0.3 is 15.6 Å². The second-order valence-electron chi connectivity index (χ2n) is 4.19. The predicted molar refractivity (Wildman–Crippen MR) is 69.0 cm³/mol. The van der Waals surface area contributed by atoms with Crippen LogP contribution in [0.2, 0.25) is 0 Å². The maximum absolute atomic E-state index is 10.6. The lowest BCUT2D eigenvalue weighted by Crippen LogP contribution is -2.25. The van der Waals surface area contributed by atoms with Crippen LogP contribution in [0.3, 0.4) is 0 Å². The zero-order valence-corrected chi connectivity index (χ0v) is 10.0. The highest BCUT2D eigenvalue weighted by atomic mass is 16.6. The van der Waals surface area contributed by atoms with Crippen LogP contribution < -0.4 is 5.73 Å². The molecule has 2 aromatic carbocycles. The molecule has 0 spiro atoms. The van der Waals surface area contributed by atoms with E-state index in [1.807, 2.05) is 42.5 Å². The van der Waals surface area contributed by atoms with Crippen LogP contribution >= 0.6 is 0 Å². The standard InChI is InChI=1S/C14H15NO3/c1-9(18-14(15)17)13(16)12-7-6-10-4-2-3-5-11(10)8-12/h2-9,13,16H,1H3,(H2,15,17)/t9-,13+/m0/s1. The number of nitrogens with two attached hydrogens (primary N) is 1. The van der Waals surface area contributed by atoms with E-state index in [0.717, 1.165) is 10.8 Å². The molecule has 0 radical (unpaired) electrons. The summed E-state index contributed by atoms with van der Waals surface area (Å²) in [5.74, 6) is 0. The van der Waals surface area contributed by atoms with Gasteiger partial charge in [0.15, 0.2) is 0 Å². The number of hydrogen-bond donors (Lipinski definition) is 2. The first-order valence-electron chi connectivity index (χ1n) is 5.71. The number of amides is 1. The number of primary amides is 1. The van der Waals surface area contributed by atoms with E-state index in [1.165, 1.54) is 0 Å². The second kappa shape index (κ2) is 5.06. The van der Waals surface area contributed by atoms with Crippen LogP contribution in [-0.4, -0.2) is 17.3 Å². The summed E-state index contributed by atoms with van der Waals surface area (Å²) in [6.07, 6.45) is -2.45. The van der Waals surface area contributed by atoms with Crippen LogP contribution in [0.1, 0.15) is 18.6 Å². The molecule has 4 heteroatoms. The summed E-state index contributed by atoms with van der Waals surface area (Å²) in [7, 11) is 0. The topological polar surface area (TPSA) is 72.5 Å². The quantitative estimate of drug-likeness (QED) is 0.871. The molecule has 0 bridgehead atoms. The number of hydrogen-bond acceptors (Lipinski definition) is 3. The van der Waals surface area contributed by atoms with Crippen molar-refractivity contribution in [1.82, 2.24) is 0 Å². The van der Waals surface area contributed by atoms with E-state index in [4.69, 9.17) is 10.5 Å². The number of ether oxygens (including phenoxy) is 1. The number of fused-ring (bicyclic) bond motifs is 1. The van der Waals surface area contributed by atoms with Gasteiger partial charge in [0, 0.05) is 0 Å². The molecule has 1 amide bonds. The molecule has 0 heterocycles. The Morgan fingerprint density at radius 1 is 1.22 bits per heavy atom. The van der Waals surface area contributed by atoms with Crippen molar-refractivity contribution >= 4 is 16.9 Å². The average Bonchev–Trinajstić information content (AvgIpc) is 2.36. The number of aliphatic hydroxyl groups excluding tert-OH is 1. The van der Waals surface area contributed by atoms with Crippen molar-refractivity contribution in [3.05, 3.63) is 48.0 Å². The van der Waals surface area contributed by atoms with Gasteiger partial charge in [-0.3, -0.25) is 0 Å². The number of carbonyl (C=O) groups is 1. The van der Waals surface area contributed by atoms with Gasteiger partial charge in [0.2, 0.25) is 0 Å².